The van der Waals surface area contributed by atoms with E-state index >= 15 is 0 Å². The Morgan fingerprint density at radius 3 is 2.41 bits per heavy atom. The molecule has 1 rings (SSSR count). The number of esters is 1. The van der Waals surface area contributed by atoms with E-state index in [1.54, 1.807) is 20.8 Å². The van der Waals surface area contributed by atoms with Crippen LogP contribution >= 0.6 is 0 Å². The highest BCUT2D eigenvalue weighted by Crippen LogP contribution is 2.26. The van der Waals surface area contributed by atoms with Crippen LogP contribution in [-0.2, 0) is 4.74 Å². The SMILES string of the molecule is COc1cc(F)c(N)cc1C(=O)OC(C)(C)C. The normalized spacial score (nSPS) is 11.1. The van der Waals surface area contributed by atoms with E-state index in [1.165, 1.54) is 13.2 Å². The van der Waals surface area contributed by atoms with Gasteiger partial charge in [-0.05, 0) is 26.8 Å². The molecule has 17 heavy (non-hydrogen) atoms. The van der Waals surface area contributed by atoms with Gasteiger partial charge in [0.25, 0.3) is 0 Å². The van der Waals surface area contributed by atoms with Crippen molar-refractivity contribution in [3.8, 4) is 5.75 Å². The molecule has 5 heteroatoms. The van der Waals surface area contributed by atoms with Crippen molar-refractivity contribution in [2.75, 3.05) is 12.8 Å². The minimum atomic E-state index is -0.634. The third kappa shape index (κ3) is 3.34. The van der Waals surface area contributed by atoms with Crippen molar-refractivity contribution in [1.29, 1.82) is 0 Å². The summed E-state index contributed by atoms with van der Waals surface area (Å²) in [5.74, 6) is -1.12. The molecule has 1 aromatic rings. The number of nitrogens with two attached hydrogens (primary N) is 1. The average Bonchev–Trinajstić information content (AvgIpc) is 2.18. The molecule has 0 aliphatic heterocycles. The van der Waals surface area contributed by atoms with Crippen molar-refractivity contribution >= 4 is 11.7 Å². The van der Waals surface area contributed by atoms with Gasteiger partial charge in [-0.15, -0.1) is 0 Å². The van der Waals surface area contributed by atoms with Crippen molar-refractivity contribution in [1.82, 2.24) is 0 Å². The van der Waals surface area contributed by atoms with Gasteiger partial charge in [-0.1, -0.05) is 0 Å². The van der Waals surface area contributed by atoms with Crippen molar-refractivity contribution in [2.45, 2.75) is 26.4 Å². The van der Waals surface area contributed by atoms with E-state index in [9.17, 15) is 9.18 Å². The topological polar surface area (TPSA) is 61.5 Å². The molecule has 0 atom stereocenters. The highest BCUT2D eigenvalue weighted by molar-refractivity contribution is 5.93. The van der Waals surface area contributed by atoms with Gasteiger partial charge in [0.2, 0.25) is 0 Å². The maximum absolute atomic E-state index is 13.2. The number of hydrogen-bond acceptors (Lipinski definition) is 4. The molecule has 4 nitrogen and oxygen atoms in total. The molecule has 1 aromatic carbocycles. The summed E-state index contributed by atoms with van der Waals surface area (Å²) >= 11 is 0. The molecule has 0 aliphatic rings. The molecular formula is C12H16FNO3. The van der Waals surface area contributed by atoms with Gasteiger partial charge in [-0.25, -0.2) is 9.18 Å². The zero-order chi connectivity index (χ0) is 13.2. The minimum Gasteiger partial charge on any atom is -0.496 e. The lowest BCUT2D eigenvalue weighted by molar-refractivity contribution is 0.00665. The summed E-state index contributed by atoms with van der Waals surface area (Å²) < 4.78 is 23.3. The van der Waals surface area contributed by atoms with Crippen molar-refractivity contribution < 1.29 is 18.7 Å². The van der Waals surface area contributed by atoms with Crippen molar-refractivity contribution in [3.05, 3.63) is 23.5 Å². The van der Waals surface area contributed by atoms with Crippen molar-refractivity contribution in [3.63, 3.8) is 0 Å². The third-order valence-corrected chi connectivity index (χ3v) is 1.94. The fourth-order valence-corrected chi connectivity index (χ4v) is 1.23. The number of carbonyl (C=O) groups is 1. The first-order chi connectivity index (χ1) is 7.74. The fraction of sp³-hybridized carbons (Fsp3) is 0.417. The van der Waals surface area contributed by atoms with Crippen LogP contribution in [0.25, 0.3) is 0 Å². The Morgan fingerprint density at radius 2 is 1.94 bits per heavy atom. The van der Waals surface area contributed by atoms with Gasteiger partial charge in [0.1, 0.15) is 22.7 Å². The van der Waals surface area contributed by atoms with E-state index in [1.807, 2.05) is 0 Å². The summed E-state index contributed by atoms with van der Waals surface area (Å²) in [6, 6.07) is 2.27. The van der Waals surface area contributed by atoms with E-state index < -0.39 is 17.4 Å². The first-order valence-corrected chi connectivity index (χ1v) is 5.11. The Morgan fingerprint density at radius 1 is 1.35 bits per heavy atom. The molecule has 0 bridgehead atoms. The van der Waals surface area contributed by atoms with Crippen LogP contribution in [0.4, 0.5) is 10.1 Å². The number of rotatable bonds is 2. The summed E-state index contributed by atoms with van der Waals surface area (Å²) in [6.07, 6.45) is 0. The molecule has 0 amide bonds. The minimum absolute atomic E-state index is 0.103. The quantitative estimate of drug-likeness (QED) is 0.637. The number of nitrogen functional groups attached to an aromatic ring is 1. The van der Waals surface area contributed by atoms with Gasteiger partial charge < -0.3 is 15.2 Å². The highest BCUT2D eigenvalue weighted by Gasteiger charge is 2.22. The smallest absolute Gasteiger partial charge is 0.342 e. The summed E-state index contributed by atoms with van der Waals surface area (Å²) in [5.41, 5.74) is 4.77. The van der Waals surface area contributed by atoms with E-state index in [-0.39, 0.29) is 17.0 Å². The predicted molar refractivity (Wildman–Crippen MR) is 62.5 cm³/mol. The Labute approximate surface area is 99.5 Å². The number of halogens is 1. The van der Waals surface area contributed by atoms with E-state index in [4.69, 9.17) is 15.2 Å². The van der Waals surface area contributed by atoms with E-state index in [2.05, 4.69) is 0 Å². The first-order valence-electron chi connectivity index (χ1n) is 5.11. The Bertz CT molecular complexity index is 438. The zero-order valence-electron chi connectivity index (χ0n) is 10.3. The van der Waals surface area contributed by atoms with Crippen LogP contribution in [0.5, 0.6) is 5.75 Å². The summed E-state index contributed by atoms with van der Waals surface area (Å²) in [6.45, 7) is 5.22. The van der Waals surface area contributed by atoms with Gasteiger partial charge in [0, 0.05) is 6.07 Å². The Hall–Kier alpha value is -1.78. The maximum atomic E-state index is 13.2. The number of hydrogen-bond donors (Lipinski definition) is 1. The highest BCUT2D eigenvalue weighted by atomic mass is 19.1. The molecule has 0 aliphatic carbocycles. The fourth-order valence-electron chi connectivity index (χ4n) is 1.23. The zero-order valence-corrected chi connectivity index (χ0v) is 10.3. The lowest BCUT2D eigenvalue weighted by Gasteiger charge is -2.20. The molecule has 0 saturated carbocycles. The van der Waals surface area contributed by atoms with Gasteiger partial charge in [0.05, 0.1) is 12.8 Å². The van der Waals surface area contributed by atoms with E-state index in [0.717, 1.165) is 6.07 Å². The second kappa shape index (κ2) is 4.61. The standard InChI is InChI=1S/C12H16FNO3/c1-12(2,3)17-11(15)7-5-9(14)8(13)6-10(7)16-4/h5-6H,14H2,1-4H3. The average molecular weight is 241 g/mol. The van der Waals surface area contributed by atoms with Gasteiger partial charge in [-0.3, -0.25) is 0 Å². The summed E-state index contributed by atoms with van der Waals surface area (Å²) in [7, 11) is 1.35. The molecule has 0 heterocycles. The molecule has 0 aromatic heterocycles. The van der Waals surface area contributed by atoms with Crippen LogP contribution < -0.4 is 10.5 Å². The van der Waals surface area contributed by atoms with Gasteiger partial charge in [0.15, 0.2) is 0 Å². The molecule has 0 unspecified atom stereocenters. The summed E-state index contributed by atoms with van der Waals surface area (Å²) in [4.78, 5) is 11.8. The lowest BCUT2D eigenvalue weighted by Crippen LogP contribution is -2.24. The van der Waals surface area contributed by atoms with Crippen LogP contribution in [0.1, 0.15) is 31.1 Å². The second-order valence-corrected chi connectivity index (χ2v) is 4.58. The number of methoxy groups -OCH3 is 1. The van der Waals surface area contributed by atoms with Gasteiger partial charge in [-0.2, -0.15) is 0 Å². The molecule has 0 saturated heterocycles. The van der Waals surface area contributed by atoms with Crippen LogP contribution in [0.2, 0.25) is 0 Å². The first kappa shape index (κ1) is 13.3. The number of anilines is 1. The molecule has 0 fully saturated rings. The van der Waals surface area contributed by atoms with Crippen molar-refractivity contribution in [2.24, 2.45) is 0 Å². The number of carbonyl (C=O) groups excluding carboxylic acids is 1. The Kier molecular flexibility index (Phi) is 3.60. The molecule has 94 valence electrons. The Balaban J connectivity index is 3.12. The maximum Gasteiger partial charge on any atom is 0.342 e. The second-order valence-electron chi connectivity index (χ2n) is 4.58. The molecular weight excluding hydrogens is 225 g/mol. The van der Waals surface area contributed by atoms with Crippen LogP contribution in [-0.4, -0.2) is 18.7 Å². The predicted octanol–water partition coefficient (Wildman–Crippen LogP) is 2.37. The summed E-state index contributed by atoms with van der Waals surface area (Å²) in [5, 5.41) is 0. The van der Waals surface area contributed by atoms with Crippen LogP contribution in [0.15, 0.2) is 12.1 Å². The molecule has 2 N–H and O–H groups in total. The lowest BCUT2D eigenvalue weighted by atomic mass is 10.1. The largest absolute Gasteiger partial charge is 0.496 e. The molecule has 0 spiro atoms. The van der Waals surface area contributed by atoms with E-state index in [0.29, 0.717) is 0 Å². The van der Waals surface area contributed by atoms with Crippen LogP contribution in [0.3, 0.4) is 0 Å². The monoisotopic (exact) mass is 241 g/mol. The number of benzene rings is 1. The number of ether oxygens (including phenoxy) is 2. The van der Waals surface area contributed by atoms with Gasteiger partial charge >= 0.3 is 5.97 Å². The third-order valence-electron chi connectivity index (χ3n) is 1.94. The van der Waals surface area contributed by atoms with Crippen LogP contribution in [0, 0.1) is 5.82 Å². The molecule has 0 radical (unpaired) electrons.